The monoisotopic (exact) mass is 570 g/mol. The number of hydrogen-bond acceptors (Lipinski definition) is 9. The highest BCUT2D eigenvalue weighted by Crippen LogP contribution is 2.63. The van der Waals surface area contributed by atoms with E-state index in [1.165, 1.54) is 7.11 Å². The molecule has 2 aliphatic heterocycles. The van der Waals surface area contributed by atoms with E-state index in [2.05, 4.69) is 20.2 Å². The van der Waals surface area contributed by atoms with Crippen LogP contribution in [-0.2, 0) is 23.1 Å². The Hall–Kier alpha value is -4.02. The number of likely N-dealkylation sites (tertiary alicyclic amines) is 1. The molecule has 1 aromatic heterocycles. The summed E-state index contributed by atoms with van der Waals surface area (Å²) in [6.07, 6.45) is 3.56. The molecule has 218 valence electrons. The number of piperidine rings is 1. The third-order valence-electron chi connectivity index (χ3n) is 9.86. The molecule has 2 bridgehead atoms. The first kappa shape index (κ1) is 26.9. The summed E-state index contributed by atoms with van der Waals surface area (Å²) in [4.78, 5) is 37.3. The Bertz CT molecular complexity index is 1590. The van der Waals surface area contributed by atoms with Crippen LogP contribution in [0, 0.1) is 0 Å². The second-order valence-corrected chi connectivity index (χ2v) is 11.8. The predicted molar refractivity (Wildman–Crippen MR) is 153 cm³/mol. The predicted octanol–water partition coefficient (Wildman–Crippen LogP) is 2.49. The normalized spacial score (nSPS) is 27.2. The van der Waals surface area contributed by atoms with Crippen molar-refractivity contribution in [2.45, 2.75) is 55.3 Å². The van der Waals surface area contributed by atoms with Gasteiger partial charge < -0.3 is 29.5 Å². The van der Waals surface area contributed by atoms with Crippen molar-refractivity contribution in [3.8, 4) is 28.8 Å². The van der Waals surface area contributed by atoms with Crippen LogP contribution < -0.4 is 19.5 Å². The van der Waals surface area contributed by atoms with Gasteiger partial charge in [-0.05, 0) is 62.0 Å². The number of carbonyl (C=O) groups excluding carboxylic acids is 2. The van der Waals surface area contributed by atoms with Crippen molar-refractivity contribution in [2.24, 2.45) is 0 Å². The number of amides is 1. The highest BCUT2D eigenvalue weighted by molar-refractivity contribution is 5.99. The highest BCUT2D eigenvalue weighted by Gasteiger charge is 2.72. The van der Waals surface area contributed by atoms with Crippen LogP contribution in [-0.4, -0.2) is 83.8 Å². The summed E-state index contributed by atoms with van der Waals surface area (Å²) in [5.41, 5.74) is 3.24. The quantitative estimate of drug-likeness (QED) is 0.441. The molecule has 0 radical (unpaired) electrons. The molecule has 2 aromatic carbocycles. The first-order valence-electron chi connectivity index (χ1n) is 14.4. The molecule has 2 aliphatic carbocycles. The Morgan fingerprint density at radius 1 is 1.17 bits per heavy atom. The van der Waals surface area contributed by atoms with Crippen LogP contribution in [0.25, 0.3) is 11.1 Å². The number of ether oxygens (including phenoxy) is 3. The molecule has 2 N–H and O–H groups in total. The van der Waals surface area contributed by atoms with E-state index in [1.807, 2.05) is 37.4 Å². The van der Waals surface area contributed by atoms with E-state index in [0.717, 1.165) is 34.4 Å². The Balaban J connectivity index is 1.09. The van der Waals surface area contributed by atoms with Gasteiger partial charge in [-0.3, -0.25) is 9.59 Å². The number of benzene rings is 2. The summed E-state index contributed by atoms with van der Waals surface area (Å²) < 4.78 is 16.9. The van der Waals surface area contributed by atoms with Gasteiger partial charge in [0.15, 0.2) is 11.9 Å². The molecule has 3 heterocycles. The number of likely N-dealkylation sites (N-methyl/N-ethyl adjacent to an activating group) is 1. The first-order valence-corrected chi connectivity index (χ1v) is 14.4. The lowest BCUT2D eigenvalue weighted by atomic mass is 9.49. The van der Waals surface area contributed by atoms with Gasteiger partial charge in [-0.25, -0.2) is 4.98 Å². The minimum atomic E-state index is -1.06. The molecule has 4 aliphatic rings. The van der Waals surface area contributed by atoms with E-state index >= 15 is 0 Å². The van der Waals surface area contributed by atoms with Gasteiger partial charge in [-0.1, -0.05) is 30.3 Å². The fraction of sp³-hybridized carbons (Fsp3) is 0.438. The molecule has 1 saturated carbocycles. The lowest BCUT2D eigenvalue weighted by Gasteiger charge is -2.62. The van der Waals surface area contributed by atoms with Crippen LogP contribution in [0.15, 0.2) is 42.6 Å². The van der Waals surface area contributed by atoms with Gasteiger partial charge in [-0.15, -0.1) is 0 Å². The number of aromatic nitrogens is 2. The van der Waals surface area contributed by atoms with Crippen molar-refractivity contribution in [1.29, 1.82) is 0 Å². The van der Waals surface area contributed by atoms with Crippen molar-refractivity contribution < 1.29 is 28.9 Å². The van der Waals surface area contributed by atoms with Crippen LogP contribution >= 0.6 is 0 Å². The lowest BCUT2D eigenvalue weighted by Crippen LogP contribution is -2.76. The molecule has 4 atom stereocenters. The van der Waals surface area contributed by atoms with E-state index in [0.29, 0.717) is 49.4 Å². The maximum atomic E-state index is 13.5. The van der Waals surface area contributed by atoms with E-state index in [-0.39, 0.29) is 30.2 Å². The summed E-state index contributed by atoms with van der Waals surface area (Å²) in [6.45, 7) is 1.19. The van der Waals surface area contributed by atoms with Crippen molar-refractivity contribution in [3.05, 3.63) is 64.8 Å². The molecule has 1 saturated heterocycles. The van der Waals surface area contributed by atoms with Crippen LogP contribution in [0.3, 0.4) is 0 Å². The Morgan fingerprint density at radius 2 is 1.98 bits per heavy atom. The number of nitrogens with zero attached hydrogens (tertiary/aromatic N) is 3. The first-order chi connectivity index (χ1) is 20.3. The molecule has 10 nitrogen and oxygen atoms in total. The van der Waals surface area contributed by atoms with Gasteiger partial charge in [0.1, 0.15) is 5.75 Å². The minimum Gasteiger partial charge on any atom is -0.480 e. The third-order valence-corrected chi connectivity index (χ3v) is 9.86. The molecule has 42 heavy (non-hydrogen) atoms. The smallest absolute Gasteiger partial charge is 0.319 e. The molecule has 1 amide bonds. The molecule has 1 spiro atoms. The summed E-state index contributed by atoms with van der Waals surface area (Å²) in [5.74, 6) is 0.676. The van der Waals surface area contributed by atoms with Crippen LogP contribution in [0.4, 0.5) is 0 Å². The number of methoxy groups -OCH3 is 2. The number of ketones is 1. The van der Waals surface area contributed by atoms with Gasteiger partial charge in [0, 0.05) is 30.8 Å². The third kappa shape index (κ3) is 3.71. The van der Waals surface area contributed by atoms with Crippen molar-refractivity contribution in [1.82, 2.24) is 20.2 Å². The summed E-state index contributed by atoms with van der Waals surface area (Å²) >= 11 is 0. The average molecular weight is 571 g/mol. The summed E-state index contributed by atoms with van der Waals surface area (Å²) in [5, 5.41) is 15.2. The second kappa shape index (κ2) is 9.78. The standard InChI is InChI=1S/C32H34N4O6/c1-36-15-13-31-25-20-8-9-21(26(25)42-27(31)23(37)10-12-32(31,39)24(36)16-20)28(38)33-14-11-18-4-6-19(7-5-18)22-17-34-30(41-3)35-29(22)40-2/h4-9,17,24,27,39H,10-16H2,1-3H3,(H,33,38)/t24-,27+,31+,32-/m1/s1. The van der Waals surface area contributed by atoms with Crippen LogP contribution in [0.5, 0.6) is 17.6 Å². The van der Waals surface area contributed by atoms with Crippen LogP contribution in [0.1, 0.15) is 46.3 Å². The fourth-order valence-corrected chi connectivity index (χ4v) is 7.80. The average Bonchev–Trinajstić information content (AvgIpc) is 3.37. The molecule has 10 heteroatoms. The topological polar surface area (TPSA) is 123 Å². The molecular weight excluding hydrogens is 536 g/mol. The SMILES string of the molecule is COc1ncc(-c2ccc(CCNC(=O)c3ccc4c5c3O[C@H]3C(=O)CC[C@@]6(O)[C@@H](C4)N(C)CC[C@]536)cc2)c(OC)n1. The Morgan fingerprint density at radius 3 is 2.74 bits per heavy atom. The van der Waals surface area contributed by atoms with Gasteiger partial charge in [0.05, 0.1) is 36.4 Å². The van der Waals surface area contributed by atoms with Gasteiger partial charge in [0.25, 0.3) is 5.91 Å². The van der Waals surface area contributed by atoms with E-state index in [1.54, 1.807) is 19.4 Å². The highest BCUT2D eigenvalue weighted by atomic mass is 16.5. The number of aliphatic hydroxyl groups is 1. The molecular formula is C32H34N4O6. The zero-order chi connectivity index (χ0) is 29.2. The van der Waals surface area contributed by atoms with E-state index in [9.17, 15) is 14.7 Å². The second-order valence-electron chi connectivity index (χ2n) is 11.8. The summed E-state index contributed by atoms with van der Waals surface area (Å²) in [6, 6.07) is 11.9. The Kier molecular flexibility index (Phi) is 6.25. The maximum absolute atomic E-state index is 13.5. The van der Waals surface area contributed by atoms with Gasteiger partial charge in [-0.2, -0.15) is 4.98 Å². The lowest BCUT2D eigenvalue weighted by molar-refractivity contribution is -0.185. The van der Waals surface area contributed by atoms with Gasteiger partial charge >= 0.3 is 6.01 Å². The van der Waals surface area contributed by atoms with Gasteiger partial charge in [0.2, 0.25) is 5.88 Å². The van der Waals surface area contributed by atoms with E-state index < -0.39 is 17.1 Å². The van der Waals surface area contributed by atoms with E-state index in [4.69, 9.17) is 14.2 Å². The molecule has 7 rings (SSSR count). The van der Waals surface area contributed by atoms with Crippen molar-refractivity contribution in [3.63, 3.8) is 0 Å². The maximum Gasteiger partial charge on any atom is 0.319 e. The molecule has 0 unspecified atom stereocenters. The number of hydrogen-bond donors (Lipinski definition) is 2. The number of nitrogens with one attached hydrogen (secondary N) is 1. The Labute approximate surface area is 244 Å². The largest absolute Gasteiger partial charge is 0.480 e. The molecule has 3 aromatic rings. The molecule has 2 fully saturated rings. The van der Waals surface area contributed by atoms with Crippen LogP contribution in [0.2, 0.25) is 0 Å². The van der Waals surface area contributed by atoms with Crippen molar-refractivity contribution in [2.75, 3.05) is 34.4 Å². The zero-order valence-electron chi connectivity index (χ0n) is 24.0. The van der Waals surface area contributed by atoms with Crippen molar-refractivity contribution >= 4 is 11.7 Å². The fourth-order valence-electron chi connectivity index (χ4n) is 7.80. The minimum absolute atomic E-state index is 0.0145. The summed E-state index contributed by atoms with van der Waals surface area (Å²) in [7, 11) is 5.10. The zero-order valence-corrected chi connectivity index (χ0v) is 24.0. The number of rotatable bonds is 7. The number of Topliss-reactive ketones (excluding diaryl/α,β-unsaturated/α-hetero) is 1. The number of carbonyl (C=O) groups is 2.